The molecule has 2 heteroatoms. The molecule has 0 heterocycles. The van der Waals surface area contributed by atoms with Gasteiger partial charge in [0.15, 0.2) is 0 Å². The summed E-state index contributed by atoms with van der Waals surface area (Å²) < 4.78 is 0. The number of unbranched alkanes of at least 4 members (excludes halogenated alkanes) is 15. The highest BCUT2D eigenvalue weighted by Crippen LogP contribution is 2.13. The van der Waals surface area contributed by atoms with Crippen molar-refractivity contribution in [2.24, 2.45) is 5.73 Å². The first kappa shape index (κ1) is 22.5. The average molecular weight is 325 g/mol. The van der Waals surface area contributed by atoms with Crippen LogP contribution < -0.4 is 11.1 Å². The molecule has 0 atom stereocenters. The van der Waals surface area contributed by atoms with E-state index in [-0.39, 0.29) is 0 Å². The third kappa shape index (κ3) is 21.5. The Labute approximate surface area is 146 Å². The molecule has 0 aliphatic carbocycles. The van der Waals surface area contributed by atoms with Crippen LogP contribution in [0.1, 0.15) is 110 Å². The molecular formula is C21H44N2. The van der Waals surface area contributed by atoms with Crippen LogP contribution in [0.2, 0.25) is 0 Å². The van der Waals surface area contributed by atoms with E-state index in [0.717, 1.165) is 13.1 Å². The number of nitrogens with two attached hydrogens (primary N) is 1. The summed E-state index contributed by atoms with van der Waals surface area (Å²) in [6.45, 7) is 4.33. The van der Waals surface area contributed by atoms with Gasteiger partial charge in [-0.25, -0.2) is 0 Å². The maximum Gasteiger partial charge on any atom is 0.0151 e. The maximum atomic E-state index is 5.28. The van der Waals surface area contributed by atoms with E-state index in [1.165, 1.54) is 103 Å². The highest BCUT2D eigenvalue weighted by Gasteiger charge is 1.94. The molecular weight excluding hydrogens is 280 g/mol. The lowest BCUT2D eigenvalue weighted by molar-refractivity contribution is 0.527. The van der Waals surface area contributed by atoms with Crippen LogP contribution >= 0.6 is 0 Å². The topological polar surface area (TPSA) is 38.0 Å². The average Bonchev–Trinajstić information content (AvgIpc) is 2.57. The molecule has 0 unspecified atom stereocenters. The smallest absolute Gasteiger partial charge is 0.0151 e. The highest BCUT2D eigenvalue weighted by molar-refractivity contribution is 4.77. The molecule has 23 heavy (non-hydrogen) atoms. The molecule has 0 bridgehead atoms. The van der Waals surface area contributed by atoms with Crippen LogP contribution in [0.25, 0.3) is 0 Å². The summed E-state index contributed by atoms with van der Waals surface area (Å²) in [5.41, 5.74) is 5.28. The molecule has 138 valence electrons. The van der Waals surface area contributed by atoms with E-state index in [0.29, 0.717) is 0 Å². The van der Waals surface area contributed by atoms with Gasteiger partial charge in [-0.05, 0) is 19.2 Å². The van der Waals surface area contributed by atoms with Crippen molar-refractivity contribution in [2.45, 2.75) is 110 Å². The zero-order chi connectivity index (χ0) is 16.8. The fourth-order valence-electron chi connectivity index (χ4n) is 3.05. The van der Waals surface area contributed by atoms with Gasteiger partial charge in [0.25, 0.3) is 0 Å². The number of rotatable bonds is 19. The van der Waals surface area contributed by atoms with Crippen molar-refractivity contribution >= 4 is 0 Å². The van der Waals surface area contributed by atoms with Gasteiger partial charge < -0.3 is 11.1 Å². The van der Waals surface area contributed by atoms with Crippen LogP contribution in [-0.4, -0.2) is 13.1 Å². The largest absolute Gasteiger partial charge is 0.405 e. The van der Waals surface area contributed by atoms with Gasteiger partial charge in [0, 0.05) is 6.54 Å². The van der Waals surface area contributed by atoms with Gasteiger partial charge in [-0.3, -0.25) is 0 Å². The second kappa shape index (κ2) is 21.5. The highest BCUT2D eigenvalue weighted by atomic mass is 14.8. The summed E-state index contributed by atoms with van der Waals surface area (Å²) in [5, 5.41) is 3.37. The first-order chi connectivity index (χ1) is 11.4. The molecule has 0 amide bonds. The predicted octanol–water partition coefficient (Wildman–Crippen LogP) is 6.31. The lowest BCUT2D eigenvalue weighted by atomic mass is 10.0. The quantitative estimate of drug-likeness (QED) is 0.273. The lowest BCUT2D eigenvalue weighted by Gasteiger charge is -2.04. The third-order valence-electron chi connectivity index (χ3n) is 4.61. The Bertz CT molecular complexity index is 226. The Hall–Kier alpha value is -0.500. The second-order valence-corrected chi connectivity index (χ2v) is 6.94. The summed E-state index contributed by atoms with van der Waals surface area (Å²) in [6.07, 6.45) is 26.5. The van der Waals surface area contributed by atoms with E-state index in [4.69, 9.17) is 5.73 Å². The number of nitrogens with one attached hydrogen (secondary N) is 1. The van der Waals surface area contributed by atoms with E-state index in [1.54, 1.807) is 6.20 Å². The fourth-order valence-corrected chi connectivity index (χ4v) is 3.05. The standard InChI is InChI=1S/C21H44N2/c1-2-3-4-5-6-7-8-9-10-11-12-13-14-15-16-17-20-23-21-18-19-22/h18-19,23H,2-17,20-22H2,1H3. The summed E-state index contributed by atoms with van der Waals surface area (Å²) in [5.74, 6) is 0. The van der Waals surface area contributed by atoms with Crippen molar-refractivity contribution in [1.29, 1.82) is 0 Å². The second-order valence-electron chi connectivity index (χ2n) is 6.94. The van der Waals surface area contributed by atoms with E-state index < -0.39 is 0 Å². The van der Waals surface area contributed by atoms with Gasteiger partial charge >= 0.3 is 0 Å². The molecule has 0 aromatic carbocycles. The van der Waals surface area contributed by atoms with Crippen molar-refractivity contribution in [1.82, 2.24) is 5.32 Å². The summed E-state index contributed by atoms with van der Waals surface area (Å²) >= 11 is 0. The van der Waals surface area contributed by atoms with Gasteiger partial charge in [-0.15, -0.1) is 0 Å². The molecule has 0 rings (SSSR count). The van der Waals surface area contributed by atoms with Crippen molar-refractivity contribution in [3.05, 3.63) is 12.3 Å². The van der Waals surface area contributed by atoms with Crippen LogP contribution in [0.5, 0.6) is 0 Å². The SMILES string of the molecule is CCCCCCCCCCCCCCCCCCNCC=CN. The zero-order valence-electron chi connectivity index (χ0n) is 16.0. The van der Waals surface area contributed by atoms with Gasteiger partial charge in [-0.1, -0.05) is 109 Å². The third-order valence-corrected chi connectivity index (χ3v) is 4.61. The van der Waals surface area contributed by atoms with Gasteiger partial charge in [-0.2, -0.15) is 0 Å². The Balaban J connectivity index is 2.95. The van der Waals surface area contributed by atoms with Gasteiger partial charge in [0.2, 0.25) is 0 Å². The van der Waals surface area contributed by atoms with Crippen LogP contribution in [0.4, 0.5) is 0 Å². The molecule has 0 aromatic heterocycles. The lowest BCUT2D eigenvalue weighted by Crippen LogP contribution is -2.15. The molecule has 2 nitrogen and oxygen atoms in total. The first-order valence-corrected chi connectivity index (χ1v) is 10.5. The number of hydrogen-bond acceptors (Lipinski definition) is 2. The van der Waals surface area contributed by atoms with Crippen molar-refractivity contribution in [3.8, 4) is 0 Å². The van der Waals surface area contributed by atoms with Crippen molar-refractivity contribution in [2.75, 3.05) is 13.1 Å². The fraction of sp³-hybridized carbons (Fsp3) is 0.905. The van der Waals surface area contributed by atoms with Crippen LogP contribution in [-0.2, 0) is 0 Å². The van der Waals surface area contributed by atoms with Gasteiger partial charge in [0.1, 0.15) is 0 Å². The summed E-state index contributed by atoms with van der Waals surface area (Å²) in [6, 6.07) is 0. The Morgan fingerprint density at radius 1 is 0.609 bits per heavy atom. The molecule has 0 fully saturated rings. The van der Waals surface area contributed by atoms with Crippen LogP contribution in [0.15, 0.2) is 12.3 Å². The predicted molar refractivity (Wildman–Crippen MR) is 106 cm³/mol. The molecule has 0 aliphatic rings. The summed E-state index contributed by atoms with van der Waals surface area (Å²) in [4.78, 5) is 0. The Morgan fingerprint density at radius 3 is 1.39 bits per heavy atom. The molecule has 0 saturated heterocycles. The molecule has 0 spiro atoms. The maximum absolute atomic E-state index is 5.28. The molecule has 0 aromatic rings. The first-order valence-electron chi connectivity index (χ1n) is 10.5. The Kier molecular flexibility index (Phi) is 21.0. The Morgan fingerprint density at radius 2 is 1.00 bits per heavy atom. The molecule has 0 saturated carbocycles. The minimum atomic E-state index is 0.912. The van der Waals surface area contributed by atoms with E-state index in [1.807, 2.05) is 6.08 Å². The van der Waals surface area contributed by atoms with Gasteiger partial charge in [0.05, 0.1) is 0 Å². The molecule has 0 radical (unpaired) electrons. The number of hydrogen-bond donors (Lipinski definition) is 2. The van der Waals surface area contributed by atoms with Crippen LogP contribution in [0.3, 0.4) is 0 Å². The normalized spacial score (nSPS) is 11.5. The minimum Gasteiger partial charge on any atom is -0.405 e. The van der Waals surface area contributed by atoms with E-state index >= 15 is 0 Å². The summed E-state index contributed by atoms with van der Waals surface area (Å²) in [7, 11) is 0. The molecule has 3 N–H and O–H groups in total. The van der Waals surface area contributed by atoms with E-state index in [9.17, 15) is 0 Å². The molecule has 0 aliphatic heterocycles. The van der Waals surface area contributed by atoms with E-state index in [2.05, 4.69) is 12.2 Å². The van der Waals surface area contributed by atoms with Crippen LogP contribution in [0, 0.1) is 0 Å². The monoisotopic (exact) mass is 324 g/mol. The zero-order valence-corrected chi connectivity index (χ0v) is 16.0. The minimum absolute atomic E-state index is 0.912. The van der Waals surface area contributed by atoms with Crippen molar-refractivity contribution < 1.29 is 0 Å². The van der Waals surface area contributed by atoms with Crippen molar-refractivity contribution in [3.63, 3.8) is 0 Å².